The van der Waals surface area contributed by atoms with Gasteiger partial charge in [0.2, 0.25) is 0 Å². The number of nitrogens with zero attached hydrogens (tertiary/aromatic N) is 3. The molecule has 0 amide bonds. The van der Waals surface area contributed by atoms with E-state index in [1.54, 1.807) is 4.90 Å². The number of carboxylic acids is 1. The van der Waals surface area contributed by atoms with E-state index < -0.39 is 50.1 Å². The molecule has 8 nitrogen and oxygen atoms in total. The zero-order chi connectivity index (χ0) is 28.3. The van der Waals surface area contributed by atoms with Crippen LogP contribution in [0, 0.1) is 18.7 Å². The zero-order valence-corrected chi connectivity index (χ0v) is 21.6. The lowest BCUT2D eigenvalue weighted by atomic mass is 10.0. The molecule has 0 atom stereocenters. The van der Waals surface area contributed by atoms with Gasteiger partial charge in [0.25, 0.3) is 10.0 Å². The minimum Gasteiger partial charge on any atom is -0.481 e. The molecule has 0 spiro atoms. The molecule has 2 aromatic heterocycles. The van der Waals surface area contributed by atoms with E-state index in [0.717, 1.165) is 18.2 Å². The Bertz CT molecular complexity index is 1430. The van der Waals surface area contributed by atoms with Gasteiger partial charge < -0.3 is 10.0 Å². The summed E-state index contributed by atoms with van der Waals surface area (Å²) in [6, 6.07) is 8.97. The molecule has 3 aromatic rings. The first-order valence-corrected chi connectivity index (χ1v) is 13.0. The Balaban J connectivity index is 2.00. The number of rotatable bonds is 10. The third-order valence-electron chi connectivity index (χ3n) is 5.38. The highest BCUT2D eigenvalue weighted by molar-refractivity contribution is 7.92. The molecule has 0 saturated carbocycles. The van der Waals surface area contributed by atoms with Gasteiger partial charge in [0.1, 0.15) is 17.5 Å². The maximum Gasteiger partial charge on any atom is 0.418 e. The van der Waals surface area contributed by atoms with Crippen molar-refractivity contribution in [3.8, 4) is 11.3 Å². The van der Waals surface area contributed by atoms with Gasteiger partial charge in [-0.3, -0.25) is 9.52 Å². The molecule has 13 heteroatoms. The third kappa shape index (κ3) is 7.18. The van der Waals surface area contributed by atoms with Crippen LogP contribution in [0.15, 0.2) is 53.6 Å². The first-order chi connectivity index (χ1) is 17.7. The highest BCUT2D eigenvalue weighted by Crippen LogP contribution is 2.38. The van der Waals surface area contributed by atoms with E-state index in [2.05, 4.69) is 14.7 Å². The number of alkyl halides is 3. The summed E-state index contributed by atoms with van der Waals surface area (Å²) in [6.45, 7) is 5.80. The fourth-order valence-corrected chi connectivity index (χ4v) is 4.65. The van der Waals surface area contributed by atoms with Crippen molar-refractivity contribution in [3.05, 3.63) is 65.5 Å². The normalized spacial score (nSPS) is 12.0. The smallest absolute Gasteiger partial charge is 0.418 e. The number of carbonyl (C=O) groups is 1. The molecule has 1 aromatic carbocycles. The predicted octanol–water partition coefficient (Wildman–Crippen LogP) is 5.35. The van der Waals surface area contributed by atoms with E-state index in [0.29, 0.717) is 18.2 Å². The number of sulfonamides is 1. The van der Waals surface area contributed by atoms with Gasteiger partial charge in [-0.1, -0.05) is 26.0 Å². The van der Waals surface area contributed by atoms with Crippen molar-refractivity contribution in [2.24, 2.45) is 5.92 Å². The molecular weight excluding hydrogens is 528 g/mol. The number of aliphatic carboxylic acids is 1. The number of halogens is 4. The number of hydrogen-bond acceptors (Lipinski definition) is 6. The van der Waals surface area contributed by atoms with Crippen molar-refractivity contribution in [1.82, 2.24) is 9.97 Å². The van der Waals surface area contributed by atoms with Gasteiger partial charge in [-0.15, -0.1) is 0 Å². The summed E-state index contributed by atoms with van der Waals surface area (Å²) in [5.74, 6) is -1.89. The molecule has 204 valence electrons. The van der Waals surface area contributed by atoms with Crippen LogP contribution in [0.5, 0.6) is 0 Å². The lowest BCUT2D eigenvalue weighted by molar-refractivity contribution is -0.138. The highest BCUT2D eigenvalue weighted by Gasteiger charge is 2.35. The van der Waals surface area contributed by atoms with E-state index in [-0.39, 0.29) is 30.3 Å². The molecule has 2 heterocycles. The van der Waals surface area contributed by atoms with E-state index in [1.807, 2.05) is 13.8 Å². The largest absolute Gasteiger partial charge is 0.481 e. The Morgan fingerprint density at radius 1 is 1.11 bits per heavy atom. The van der Waals surface area contributed by atoms with Gasteiger partial charge in [0, 0.05) is 18.7 Å². The number of anilines is 2. The Kier molecular flexibility index (Phi) is 8.60. The SMILES string of the molecule is Cc1ccc(F)cc1-c1nc(NS(=O)(=O)c2cccc(N(CCC(=O)O)CC(C)C)n2)ccc1C(F)(F)F. The van der Waals surface area contributed by atoms with Gasteiger partial charge in [0.15, 0.2) is 5.03 Å². The monoisotopic (exact) mass is 554 g/mol. The Morgan fingerprint density at radius 3 is 2.45 bits per heavy atom. The van der Waals surface area contributed by atoms with Crippen LogP contribution in [0.3, 0.4) is 0 Å². The summed E-state index contributed by atoms with van der Waals surface area (Å²) >= 11 is 0. The summed E-state index contributed by atoms with van der Waals surface area (Å²) in [7, 11) is -4.42. The van der Waals surface area contributed by atoms with E-state index >= 15 is 0 Å². The van der Waals surface area contributed by atoms with Gasteiger partial charge in [-0.25, -0.2) is 14.4 Å². The second-order valence-electron chi connectivity index (χ2n) is 8.97. The molecule has 0 radical (unpaired) electrons. The second kappa shape index (κ2) is 11.3. The molecule has 0 bridgehead atoms. The van der Waals surface area contributed by atoms with Crippen molar-refractivity contribution in [2.75, 3.05) is 22.7 Å². The number of benzene rings is 1. The summed E-state index contributed by atoms with van der Waals surface area (Å²) in [5.41, 5.74) is -1.61. The first-order valence-electron chi connectivity index (χ1n) is 11.5. The Labute approximate surface area is 217 Å². The second-order valence-corrected chi connectivity index (χ2v) is 10.6. The number of aromatic nitrogens is 2. The van der Waals surface area contributed by atoms with Crippen LogP contribution in [-0.2, 0) is 21.0 Å². The molecular formula is C25H26F4N4O4S. The van der Waals surface area contributed by atoms with Crippen LogP contribution in [0.2, 0.25) is 0 Å². The molecule has 38 heavy (non-hydrogen) atoms. The quantitative estimate of drug-likeness (QED) is 0.325. The molecule has 0 aliphatic rings. The summed E-state index contributed by atoms with van der Waals surface area (Å²) in [6.07, 6.45) is -5.02. The molecule has 0 fully saturated rings. The van der Waals surface area contributed by atoms with Crippen molar-refractivity contribution >= 4 is 27.6 Å². The average Bonchev–Trinajstić information content (AvgIpc) is 2.82. The molecule has 0 unspecified atom stereocenters. The van der Waals surface area contributed by atoms with Gasteiger partial charge >= 0.3 is 12.1 Å². The lowest BCUT2D eigenvalue weighted by Gasteiger charge is -2.25. The summed E-state index contributed by atoms with van der Waals surface area (Å²) in [4.78, 5) is 20.7. The number of nitrogens with one attached hydrogen (secondary N) is 1. The number of hydrogen-bond donors (Lipinski definition) is 2. The van der Waals surface area contributed by atoms with Crippen LogP contribution in [-0.4, -0.2) is 42.6 Å². The minimum absolute atomic E-state index is 0.0915. The van der Waals surface area contributed by atoms with Crippen molar-refractivity contribution in [1.29, 1.82) is 0 Å². The Hall–Kier alpha value is -3.74. The fourth-order valence-electron chi connectivity index (χ4n) is 3.69. The molecule has 0 aliphatic heterocycles. The zero-order valence-electron chi connectivity index (χ0n) is 20.8. The Morgan fingerprint density at radius 2 is 1.82 bits per heavy atom. The first kappa shape index (κ1) is 28.8. The average molecular weight is 555 g/mol. The van der Waals surface area contributed by atoms with Crippen LogP contribution in [0.25, 0.3) is 11.3 Å². The molecule has 0 saturated heterocycles. The number of aryl methyl sites for hydroxylation is 1. The summed E-state index contributed by atoms with van der Waals surface area (Å²) in [5, 5.41) is 8.61. The highest BCUT2D eigenvalue weighted by atomic mass is 32.2. The topological polar surface area (TPSA) is 112 Å². The molecule has 2 N–H and O–H groups in total. The number of pyridine rings is 2. The number of carboxylic acid groups (broad SMARTS) is 1. The van der Waals surface area contributed by atoms with Crippen LogP contribution in [0.1, 0.15) is 31.4 Å². The minimum atomic E-state index is -4.83. The predicted molar refractivity (Wildman–Crippen MR) is 134 cm³/mol. The molecule has 3 rings (SSSR count). The third-order valence-corrected chi connectivity index (χ3v) is 6.64. The fraction of sp³-hybridized carbons (Fsp3) is 0.320. The molecule has 0 aliphatic carbocycles. The van der Waals surface area contributed by atoms with Crippen molar-refractivity contribution in [2.45, 2.75) is 38.4 Å². The van der Waals surface area contributed by atoms with Gasteiger partial charge in [-0.05, 0) is 54.8 Å². The van der Waals surface area contributed by atoms with E-state index in [9.17, 15) is 30.8 Å². The van der Waals surface area contributed by atoms with E-state index in [4.69, 9.17) is 5.11 Å². The maximum atomic E-state index is 13.9. The summed E-state index contributed by atoms with van der Waals surface area (Å²) < 4.78 is 83.3. The van der Waals surface area contributed by atoms with Crippen molar-refractivity contribution in [3.63, 3.8) is 0 Å². The van der Waals surface area contributed by atoms with Gasteiger partial charge in [-0.2, -0.15) is 21.6 Å². The standard InChI is InChI=1S/C25H26F4N4O4S/c1-15(2)14-33(12-11-23(34)35)21-5-4-6-22(31-21)38(36,37)32-20-10-9-19(25(27,28)29)24(30-20)18-13-17(26)8-7-16(18)3/h4-10,13,15H,11-12,14H2,1-3H3,(H,30,32)(H,34,35). The van der Waals surface area contributed by atoms with Crippen LogP contribution < -0.4 is 9.62 Å². The maximum absolute atomic E-state index is 13.9. The van der Waals surface area contributed by atoms with Crippen LogP contribution >= 0.6 is 0 Å². The van der Waals surface area contributed by atoms with Gasteiger partial charge in [0.05, 0.1) is 17.7 Å². The van der Waals surface area contributed by atoms with E-state index in [1.165, 1.54) is 31.2 Å². The lowest BCUT2D eigenvalue weighted by Crippen LogP contribution is -2.31. The van der Waals surface area contributed by atoms with Crippen LogP contribution in [0.4, 0.5) is 29.2 Å². The van der Waals surface area contributed by atoms with Crippen molar-refractivity contribution < 1.29 is 35.9 Å².